The lowest BCUT2D eigenvalue weighted by atomic mass is 9.94. The number of hydrogen-bond acceptors (Lipinski definition) is 2. The van der Waals surface area contributed by atoms with Crippen LogP contribution < -0.4 is 4.74 Å². The fourth-order valence-electron chi connectivity index (χ4n) is 3.28. The van der Waals surface area contributed by atoms with Crippen LogP contribution in [-0.4, -0.2) is 17.3 Å². The quantitative estimate of drug-likeness (QED) is 0.546. The molecule has 1 aromatic carbocycles. The number of aldehydes is 1. The zero-order valence-electron chi connectivity index (χ0n) is 15.4. The van der Waals surface area contributed by atoms with Crippen LogP contribution in [0.4, 0.5) is 0 Å². The lowest BCUT2D eigenvalue weighted by molar-refractivity contribution is 0.111. The van der Waals surface area contributed by atoms with Crippen molar-refractivity contribution in [1.29, 1.82) is 0 Å². The molecule has 3 rings (SSSR count). The molecular weight excluding hydrogens is 310 g/mol. The molecule has 0 spiro atoms. The van der Waals surface area contributed by atoms with E-state index in [0.29, 0.717) is 18.2 Å². The van der Waals surface area contributed by atoms with Crippen LogP contribution in [0.1, 0.15) is 54.7 Å². The third-order valence-electron chi connectivity index (χ3n) is 4.95. The Labute approximate surface area is 149 Å². The van der Waals surface area contributed by atoms with E-state index in [1.54, 1.807) is 0 Å². The topological polar surface area (TPSA) is 30.7 Å². The molecule has 0 bridgehead atoms. The number of benzene rings is 1. The summed E-state index contributed by atoms with van der Waals surface area (Å²) < 4.78 is 7.82. The van der Waals surface area contributed by atoms with Crippen LogP contribution >= 0.6 is 0 Å². The highest BCUT2D eigenvalue weighted by Crippen LogP contribution is 2.37. The summed E-state index contributed by atoms with van der Waals surface area (Å²) in [6, 6.07) is 12.5. The zero-order chi connectivity index (χ0) is 18.0. The molecule has 3 nitrogen and oxygen atoms in total. The minimum atomic E-state index is 0.466. The maximum atomic E-state index is 11.9. The molecule has 0 N–H and O–H groups in total. The second-order valence-corrected chi connectivity index (χ2v) is 6.51. The molecule has 130 valence electrons. The van der Waals surface area contributed by atoms with Crippen molar-refractivity contribution in [1.82, 2.24) is 4.40 Å². The van der Waals surface area contributed by atoms with Crippen LogP contribution in [-0.2, 0) is 0 Å². The van der Waals surface area contributed by atoms with Gasteiger partial charge in [0.1, 0.15) is 5.75 Å². The Morgan fingerprint density at radius 3 is 2.64 bits per heavy atom. The fraction of sp³-hybridized carbons (Fsp3) is 0.318. The van der Waals surface area contributed by atoms with Gasteiger partial charge in [-0.25, -0.2) is 0 Å². The lowest BCUT2D eigenvalue weighted by Gasteiger charge is -2.15. The molecule has 2 heterocycles. The molecule has 0 amide bonds. The molecule has 0 aliphatic carbocycles. The molecule has 0 saturated carbocycles. The average molecular weight is 335 g/mol. The Bertz CT molecular complexity index is 908. The van der Waals surface area contributed by atoms with Gasteiger partial charge in [0.15, 0.2) is 6.29 Å². The van der Waals surface area contributed by atoms with E-state index in [4.69, 9.17) is 4.74 Å². The van der Waals surface area contributed by atoms with Gasteiger partial charge >= 0.3 is 0 Å². The fourth-order valence-corrected chi connectivity index (χ4v) is 3.28. The minimum absolute atomic E-state index is 0.466. The van der Waals surface area contributed by atoms with Crippen molar-refractivity contribution >= 4 is 11.8 Å². The van der Waals surface area contributed by atoms with Crippen LogP contribution in [0.5, 0.6) is 5.75 Å². The maximum Gasteiger partial charge on any atom is 0.167 e. The standard InChI is InChI=1S/C22H25NO2/c1-5-15(3)17-9-10-22(25-6-2)19(12-17)18-13-20-16(4)8-7-11-23(20)21(18)14-24/h7-15H,5-6H2,1-4H3. The van der Waals surface area contributed by atoms with Crippen LogP contribution in [0.3, 0.4) is 0 Å². The minimum Gasteiger partial charge on any atom is -0.493 e. The number of aryl methyl sites for hydroxylation is 1. The van der Waals surface area contributed by atoms with Crippen molar-refractivity contribution in [2.75, 3.05) is 6.61 Å². The second-order valence-electron chi connectivity index (χ2n) is 6.51. The number of rotatable bonds is 6. The number of hydrogen-bond donors (Lipinski definition) is 0. The predicted molar refractivity (Wildman–Crippen MR) is 103 cm³/mol. The van der Waals surface area contributed by atoms with E-state index in [2.05, 4.69) is 45.0 Å². The van der Waals surface area contributed by atoms with E-state index >= 15 is 0 Å². The molecule has 2 aromatic heterocycles. The van der Waals surface area contributed by atoms with Crippen molar-refractivity contribution in [2.45, 2.75) is 40.0 Å². The number of ether oxygens (including phenoxy) is 1. The highest BCUT2D eigenvalue weighted by Gasteiger charge is 2.18. The van der Waals surface area contributed by atoms with Crippen LogP contribution in [0.15, 0.2) is 42.6 Å². The molecule has 0 aliphatic heterocycles. The first-order valence-electron chi connectivity index (χ1n) is 8.93. The Morgan fingerprint density at radius 1 is 1.16 bits per heavy atom. The third-order valence-corrected chi connectivity index (χ3v) is 4.95. The van der Waals surface area contributed by atoms with Crippen LogP contribution in [0, 0.1) is 6.92 Å². The molecule has 25 heavy (non-hydrogen) atoms. The summed E-state index contributed by atoms with van der Waals surface area (Å²) in [5.74, 6) is 1.29. The van der Waals surface area contributed by atoms with Gasteiger partial charge in [-0.1, -0.05) is 26.0 Å². The van der Waals surface area contributed by atoms with Crippen molar-refractivity contribution in [2.24, 2.45) is 0 Å². The molecule has 3 aromatic rings. The Hall–Kier alpha value is -2.55. The van der Waals surface area contributed by atoms with Crippen molar-refractivity contribution in [3.8, 4) is 16.9 Å². The monoisotopic (exact) mass is 335 g/mol. The van der Waals surface area contributed by atoms with E-state index < -0.39 is 0 Å². The first-order valence-corrected chi connectivity index (χ1v) is 8.93. The highest BCUT2D eigenvalue weighted by atomic mass is 16.5. The summed E-state index contributed by atoms with van der Waals surface area (Å²) in [5.41, 5.74) is 6.05. The van der Waals surface area contributed by atoms with Gasteiger partial charge in [-0.2, -0.15) is 0 Å². The summed E-state index contributed by atoms with van der Waals surface area (Å²) in [6.07, 6.45) is 3.95. The molecule has 1 atom stereocenters. The molecule has 3 heteroatoms. The van der Waals surface area contributed by atoms with Gasteiger partial charge in [0.25, 0.3) is 0 Å². The predicted octanol–water partition coefficient (Wildman–Crippen LogP) is 5.64. The second kappa shape index (κ2) is 7.14. The van der Waals surface area contributed by atoms with Gasteiger partial charge in [0, 0.05) is 22.8 Å². The smallest absolute Gasteiger partial charge is 0.167 e. The summed E-state index contributed by atoms with van der Waals surface area (Å²) in [6.45, 7) is 9.05. The lowest BCUT2D eigenvalue weighted by Crippen LogP contribution is -1.99. The van der Waals surface area contributed by atoms with E-state index in [-0.39, 0.29) is 0 Å². The van der Waals surface area contributed by atoms with Crippen LogP contribution in [0.2, 0.25) is 0 Å². The van der Waals surface area contributed by atoms with Gasteiger partial charge in [0.05, 0.1) is 12.3 Å². The molecule has 0 aliphatic rings. The van der Waals surface area contributed by atoms with E-state index in [1.165, 1.54) is 5.56 Å². The number of aromatic nitrogens is 1. The van der Waals surface area contributed by atoms with Gasteiger partial charge in [0.2, 0.25) is 0 Å². The molecule has 0 saturated heterocycles. The number of nitrogens with zero attached hydrogens (tertiary/aromatic N) is 1. The number of pyridine rings is 1. The van der Waals surface area contributed by atoms with Gasteiger partial charge in [-0.15, -0.1) is 0 Å². The normalized spacial score (nSPS) is 12.3. The number of carbonyl (C=O) groups excluding carboxylic acids is 1. The Balaban J connectivity index is 2.28. The summed E-state index contributed by atoms with van der Waals surface area (Å²) in [7, 11) is 0. The van der Waals surface area contributed by atoms with Gasteiger partial charge < -0.3 is 9.14 Å². The van der Waals surface area contributed by atoms with Gasteiger partial charge in [-0.05, 0) is 61.6 Å². The largest absolute Gasteiger partial charge is 0.493 e. The summed E-state index contributed by atoms with van der Waals surface area (Å²) >= 11 is 0. The van der Waals surface area contributed by atoms with Crippen LogP contribution in [0.25, 0.3) is 16.6 Å². The molecule has 1 unspecified atom stereocenters. The highest BCUT2D eigenvalue weighted by molar-refractivity contribution is 5.92. The number of fused-ring (bicyclic) bond motifs is 1. The Kier molecular flexibility index (Phi) is 4.93. The van der Waals surface area contributed by atoms with E-state index in [1.807, 2.05) is 29.7 Å². The molecule has 0 fully saturated rings. The Morgan fingerprint density at radius 2 is 1.96 bits per heavy atom. The van der Waals surface area contributed by atoms with Crippen molar-refractivity contribution in [3.63, 3.8) is 0 Å². The van der Waals surface area contributed by atoms with Crippen molar-refractivity contribution in [3.05, 3.63) is 59.4 Å². The summed E-state index contributed by atoms with van der Waals surface area (Å²) in [4.78, 5) is 11.9. The summed E-state index contributed by atoms with van der Waals surface area (Å²) in [5, 5.41) is 0. The molecule has 0 radical (unpaired) electrons. The average Bonchev–Trinajstić information content (AvgIpc) is 3.01. The first kappa shape index (κ1) is 17.3. The SMILES string of the molecule is CCOc1ccc(C(C)CC)cc1-c1cc2c(C)cccn2c1C=O. The first-order chi connectivity index (χ1) is 12.1. The van der Waals surface area contributed by atoms with Crippen molar-refractivity contribution < 1.29 is 9.53 Å². The van der Waals surface area contributed by atoms with E-state index in [0.717, 1.165) is 40.7 Å². The number of carbonyl (C=O) groups is 1. The zero-order valence-corrected chi connectivity index (χ0v) is 15.4. The molecular formula is C22H25NO2. The van der Waals surface area contributed by atoms with Gasteiger partial charge in [-0.3, -0.25) is 4.79 Å². The van der Waals surface area contributed by atoms with E-state index in [9.17, 15) is 4.79 Å². The maximum absolute atomic E-state index is 11.9. The third kappa shape index (κ3) is 3.07.